The van der Waals surface area contributed by atoms with Crippen LogP contribution in [0.15, 0.2) is 53.2 Å². The molecule has 1 N–H and O–H groups in total. The van der Waals surface area contributed by atoms with Crippen LogP contribution < -0.4 is 5.32 Å². The van der Waals surface area contributed by atoms with E-state index in [0.29, 0.717) is 6.54 Å². The van der Waals surface area contributed by atoms with Crippen LogP contribution in [0.5, 0.6) is 0 Å². The second kappa shape index (κ2) is 9.98. The number of para-hydroxylation sites is 1. The van der Waals surface area contributed by atoms with Gasteiger partial charge in [-0.15, -0.1) is 0 Å². The Morgan fingerprint density at radius 3 is 2.68 bits per heavy atom. The van der Waals surface area contributed by atoms with Gasteiger partial charge in [-0.3, -0.25) is 4.79 Å². The molecule has 0 saturated carbocycles. The minimum absolute atomic E-state index is 0.335. The van der Waals surface area contributed by atoms with Crippen molar-refractivity contribution in [1.82, 2.24) is 4.57 Å². The maximum atomic E-state index is 12.2. The quantitative estimate of drug-likeness (QED) is 0.419. The Labute approximate surface area is 182 Å². The number of carbonyl (C=O) groups is 2. The highest BCUT2D eigenvalue weighted by molar-refractivity contribution is 5.95. The molecule has 0 aliphatic carbocycles. The Balaban J connectivity index is 1.57. The summed E-state index contributed by atoms with van der Waals surface area (Å²) in [4.78, 5) is 24.4. The molecule has 31 heavy (non-hydrogen) atoms. The van der Waals surface area contributed by atoms with E-state index in [-0.39, 0.29) is 12.5 Å². The van der Waals surface area contributed by atoms with E-state index in [1.807, 2.05) is 64.1 Å². The topological polar surface area (TPSA) is 73.5 Å². The number of nitrogens with one attached hydrogen (secondary N) is 1. The third-order valence-electron chi connectivity index (χ3n) is 5.26. The second-order valence-electron chi connectivity index (χ2n) is 7.44. The minimum atomic E-state index is -0.563. The highest BCUT2D eigenvalue weighted by Crippen LogP contribution is 2.21. The summed E-state index contributed by atoms with van der Waals surface area (Å²) in [5, 5.41) is 2.85. The Morgan fingerprint density at radius 1 is 1.16 bits per heavy atom. The second-order valence-corrected chi connectivity index (χ2v) is 7.44. The zero-order valence-electron chi connectivity index (χ0n) is 18.4. The summed E-state index contributed by atoms with van der Waals surface area (Å²) in [6.45, 7) is 8.25. The number of aromatic nitrogens is 1. The maximum Gasteiger partial charge on any atom is 0.331 e. The molecule has 0 bridgehead atoms. The van der Waals surface area contributed by atoms with Crippen LogP contribution in [0.4, 0.5) is 5.69 Å². The first kappa shape index (κ1) is 22.2. The molecule has 2 heterocycles. The molecule has 162 valence electrons. The summed E-state index contributed by atoms with van der Waals surface area (Å²) >= 11 is 0. The van der Waals surface area contributed by atoms with Gasteiger partial charge >= 0.3 is 5.97 Å². The Morgan fingerprint density at radius 2 is 1.97 bits per heavy atom. The van der Waals surface area contributed by atoms with Crippen LogP contribution in [0.2, 0.25) is 0 Å². The highest BCUT2D eigenvalue weighted by Gasteiger charge is 2.12. The van der Waals surface area contributed by atoms with E-state index in [1.165, 1.54) is 6.08 Å². The molecule has 0 saturated heterocycles. The van der Waals surface area contributed by atoms with Gasteiger partial charge in [0.2, 0.25) is 0 Å². The SMILES string of the molecule is CCc1cccc(C)c1NC(=O)COC(=O)/C=C/c1cc(C)n(Cc2ccco2)c1C. The molecule has 0 aliphatic rings. The molecular weight excluding hydrogens is 392 g/mol. The van der Waals surface area contributed by atoms with Crippen molar-refractivity contribution >= 4 is 23.6 Å². The highest BCUT2D eigenvalue weighted by atomic mass is 16.5. The molecule has 0 unspecified atom stereocenters. The van der Waals surface area contributed by atoms with Crippen molar-refractivity contribution < 1.29 is 18.7 Å². The summed E-state index contributed by atoms with van der Waals surface area (Å²) in [6.07, 6.45) is 5.51. The number of hydrogen-bond acceptors (Lipinski definition) is 4. The van der Waals surface area contributed by atoms with Gasteiger partial charge in [-0.2, -0.15) is 0 Å². The van der Waals surface area contributed by atoms with Gasteiger partial charge in [-0.25, -0.2) is 4.79 Å². The molecule has 3 rings (SSSR count). The van der Waals surface area contributed by atoms with Crippen LogP contribution in [-0.4, -0.2) is 23.1 Å². The minimum Gasteiger partial charge on any atom is -0.467 e. The number of anilines is 1. The molecule has 6 nitrogen and oxygen atoms in total. The van der Waals surface area contributed by atoms with Crippen LogP contribution >= 0.6 is 0 Å². The lowest BCUT2D eigenvalue weighted by Crippen LogP contribution is -2.21. The smallest absolute Gasteiger partial charge is 0.331 e. The Hall–Kier alpha value is -3.54. The number of rotatable bonds is 8. The molecule has 2 aromatic heterocycles. The standard InChI is InChI=1S/C25H28N2O4/c1-5-20-9-6-8-17(2)25(20)26-23(28)16-31-24(29)12-11-21-14-18(3)27(19(21)4)15-22-10-7-13-30-22/h6-14H,5,15-16H2,1-4H3,(H,26,28)/b12-11+. The largest absolute Gasteiger partial charge is 0.467 e. The summed E-state index contributed by atoms with van der Waals surface area (Å²) in [5.41, 5.74) is 5.80. The van der Waals surface area contributed by atoms with E-state index in [1.54, 1.807) is 12.3 Å². The average molecular weight is 421 g/mol. The lowest BCUT2D eigenvalue weighted by Gasteiger charge is -2.12. The first-order valence-electron chi connectivity index (χ1n) is 10.3. The summed E-state index contributed by atoms with van der Waals surface area (Å²) in [5.74, 6) is -0.0588. The monoisotopic (exact) mass is 420 g/mol. The predicted molar refractivity (Wildman–Crippen MR) is 121 cm³/mol. The predicted octanol–water partition coefficient (Wildman–Crippen LogP) is 4.81. The third kappa shape index (κ3) is 5.54. The molecule has 0 fully saturated rings. The number of furan rings is 1. The van der Waals surface area contributed by atoms with E-state index in [9.17, 15) is 9.59 Å². The number of esters is 1. The van der Waals surface area contributed by atoms with Crippen molar-refractivity contribution in [3.05, 3.63) is 82.6 Å². The molecular formula is C25H28N2O4. The van der Waals surface area contributed by atoms with Crippen LogP contribution in [0.25, 0.3) is 6.08 Å². The lowest BCUT2D eigenvalue weighted by atomic mass is 10.1. The zero-order valence-corrected chi connectivity index (χ0v) is 18.4. The molecule has 0 aliphatic heterocycles. The van der Waals surface area contributed by atoms with E-state index in [0.717, 1.165) is 45.9 Å². The first-order chi connectivity index (χ1) is 14.9. The average Bonchev–Trinajstić information content (AvgIpc) is 3.36. The van der Waals surface area contributed by atoms with Gasteiger partial charge in [-0.1, -0.05) is 25.1 Å². The number of benzene rings is 1. The lowest BCUT2D eigenvalue weighted by molar-refractivity contribution is -0.142. The first-order valence-corrected chi connectivity index (χ1v) is 10.3. The van der Waals surface area contributed by atoms with Crippen LogP contribution in [0.1, 0.15) is 40.8 Å². The van der Waals surface area contributed by atoms with Crippen LogP contribution in [0, 0.1) is 20.8 Å². The van der Waals surface area contributed by atoms with Gasteiger partial charge in [0.25, 0.3) is 5.91 Å². The Bertz CT molecular complexity index is 1090. The van der Waals surface area contributed by atoms with Crippen LogP contribution in [-0.2, 0) is 27.3 Å². The van der Waals surface area contributed by atoms with Gasteiger partial charge in [0, 0.05) is 23.2 Å². The van der Waals surface area contributed by atoms with Gasteiger partial charge in [-0.05, 0) is 68.2 Å². The summed E-state index contributed by atoms with van der Waals surface area (Å²) < 4.78 is 12.7. The fraction of sp³-hybridized carbons (Fsp3) is 0.280. The fourth-order valence-corrected chi connectivity index (χ4v) is 3.52. The van der Waals surface area contributed by atoms with Gasteiger partial charge < -0.3 is 19.0 Å². The molecule has 1 aromatic carbocycles. The van der Waals surface area contributed by atoms with Crippen molar-refractivity contribution in [2.45, 2.75) is 40.7 Å². The van der Waals surface area contributed by atoms with Crippen molar-refractivity contribution in [3.8, 4) is 0 Å². The molecule has 6 heteroatoms. The van der Waals surface area contributed by atoms with Crippen molar-refractivity contribution in [2.75, 3.05) is 11.9 Å². The molecule has 3 aromatic rings. The molecule has 0 spiro atoms. The zero-order chi connectivity index (χ0) is 22.4. The molecule has 1 amide bonds. The van der Waals surface area contributed by atoms with Crippen molar-refractivity contribution in [2.24, 2.45) is 0 Å². The van der Waals surface area contributed by atoms with E-state index in [4.69, 9.17) is 9.15 Å². The third-order valence-corrected chi connectivity index (χ3v) is 5.26. The molecule has 0 radical (unpaired) electrons. The summed E-state index contributed by atoms with van der Waals surface area (Å²) in [7, 11) is 0. The number of aryl methyl sites for hydroxylation is 3. The number of nitrogens with zero attached hydrogens (tertiary/aromatic N) is 1. The van der Waals surface area contributed by atoms with Crippen molar-refractivity contribution in [3.63, 3.8) is 0 Å². The van der Waals surface area contributed by atoms with Crippen molar-refractivity contribution in [1.29, 1.82) is 0 Å². The number of carbonyl (C=O) groups excluding carboxylic acids is 2. The number of ether oxygens (including phenoxy) is 1. The molecule has 0 atom stereocenters. The van der Waals surface area contributed by atoms with Gasteiger partial charge in [0.05, 0.1) is 12.8 Å². The van der Waals surface area contributed by atoms with E-state index in [2.05, 4.69) is 9.88 Å². The normalized spacial score (nSPS) is 11.1. The van der Waals surface area contributed by atoms with E-state index < -0.39 is 5.97 Å². The number of amides is 1. The van der Waals surface area contributed by atoms with Crippen LogP contribution in [0.3, 0.4) is 0 Å². The van der Waals surface area contributed by atoms with Gasteiger partial charge in [0.15, 0.2) is 6.61 Å². The van der Waals surface area contributed by atoms with E-state index >= 15 is 0 Å². The number of hydrogen-bond donors (Lipinski definition) is 1. The van der Waals surface area contributed by atoms with Gasteiger partial charge in [0.1, 0.15) is 5.76 Å². The maximum absolute atomic E-state index is 12.2. The fourth-order valence-electron chi connectivity index (χ4n) is 3.52. The summed E-state index contributed by atoms with van der Waals surface area (Å²) in [6, 6.07) is 11.7. The Kier molecular flexibility index (Phi) is 7.13.